The zero-order chi connectivity index (χ0) is 7.35. The Labute approximate surface area is 61.8 Å². The fourth-order valence-electron chi connectivity index (χ4n) is 2.44. The minimum Gasteiger partial charge on any atom is -0.393 e. The molecule has 2 aliphatic rings. The van der Waals surface area contributed by atoms with Crippen LogP contribution in [0.2, 0.25) is 0 Å². The Morgan fingerprint density at radius 1 is 1.70 bits per heavy atom. The van der Waals surface area contributed by atoms with E-state index in [0.29, 0.717) is 11.3 Å². The van der Waals surface area contributed by atoms with Crippen LogP contribution in [0.5, 0.6) is 0 Å². The van der Waals surface area contributed by atoms with Gasteiger partial charge in [-0.3, -0.25) is 0 Å². The van der Waals surface area contributed by atoms with Crippen molar-refractivity contribution in [2.75, 3.05) is 0 Å². The van der Waals surface area contributed by atoms with Gasteiger partial charge in [0.15, 0.2) is 0 Å². The summed E-state index contributed by atoms with van der Waals surface area (Å²) in [6, 6.07) is 0. The molecule has 0 aromatic carbocycles. The predicted molar refractivity (Wildman–Crippen MR) is 40.6 cm³/mol. The molecule has 0 amide bonds. The number of allylic oxidation sites excluding steroid dienone is 1. The van der Waals surface area contributed by atoms with Crippen LogP contribution in [0, 0.1) is 11.3 Å². The minimum absolute atomic E-state index is 0.0169. The first-order valence-corrected chi connectivity index (χ1v) is 4.01. The van der Waals surface area contributed by atoms with E-state index in [0.717, 1.165) is 6.42 Å². The Balaban J connectivity index is 2.18. The second-order valence-corrected chi connectivity index (χ2v) is 3.85. The van der Waals surface area contributed by atoms with Gasteiger partial charge in [0.1, 0.15) is 0 Å². The second-order valence-electron chi connectivity index (χ2n) is 3.85. The molecule has 2 saturated carbocycles. The molecule has 0 heterocycles. The number of hydrogen-bond donors (Lipinski definition) is 1. The molecule has 56 valence electrons. The van der Waals surface area contributed by atoms with E-state index >= 15 is 0 Å². The van der Waals surface area contributed by atoms with E-state index in [1.165, 1.54) is 18.4 Å². The lowest BCUT2D eigenvalue weighted by Crippen LogP contribution is -2.03. The largest absolute Gasteiger partial charge is 0.393 e. The highest BCUT2D eigenvalue weighted by Gasteiger charge is 2.61. The molecule has 1 N–H and O–H groups in total. The third-order valence-corrected chi connectivity index (χ3v) is 3.33. The molecular formula is C9H14O. The summed E-state index contributed by atoms with van der Waals surface area (Å²) in [6.07, 6.45) is 3.35. The maximum Gasteiger partial charge on any atom is 0.0577 e. The van der Waals surface area contributed by atoms with E-state index in [4.69, 9.17) is 0 Å². The molecule has 0 spiro atoms. The van der Waals surface area contributed by atoms with Crippen molar-refractivity contribution in [1.82, 2.24) is 0 Å². The van der Waals surface area contributed by atoms with Gasteiger partial charge in [-0.05, 0) is 37.5 Å². The van der Waals surface area contributed by atoms with Gasteiger partial charge in [-0.25, -0.2) is 0 Å². The maximum absolute atomic E-state index is 9.41. The zero-order valence-corrected chi connectivity index (χ0v) is 6.43. The molecule has 2 fully saturated rings. The van der Waals surface area contributed by atoms with Crippen molar-refractivity contribution in [2.24, 2.45) is 11.3 Å². The third-order valence-electron chi connectivity index (χ3n) is 3.33. The average Bonchev–Trinajstić information content (AvgIpc) is 2.52. The van der Waals surface area contributed by atoms with Crippen LogP contribution in [0.3, 0.4) is 0 Å². The van der Waals surface area contributed by atoms with Crippen LogP contribution >= 0.6 is 0 Å². The molecule has 10 heavy (non-hydrogen) atoms. The fourth-order valence-corrected chi connectivity index (χ4v) is 2.44. The van der Waals surface area contributed by atoms with Crippen molar-refractivity contribution < 1.29 is 5.11 Å². The first kappa shape index (κ1) is 6.41. The molecule has 3 atom stereocenters. The molecule has 0 radical (unpaired) electrons. The van der Waals surface area contributed by atoms with Gasteiger partial charge in [0.2, 0.25) is 0 Å². The summed E-state index contributed by atoms with van der Waals surface area (Å²) < 4.78 is 0. The quantitative estimate of drug-likeness (QED) is 0.547. The van der Waals surface area contributed by atoms with Gasteiger partial charge in [-0.1, -0.05) is 12.2 Å². The van der Waals surface area contributed by atoms with Gasteiger partial charge in [-0.15, -0.1) is 0 Å². The van der Waals surface area contributed by atoms with Gasteiger partial charge in [0, 0.05) is 0 Å². The first-order chi connectivity index (χ1) is 4.67. The third kappa shape index (κ3) is 0.567. The highest BCUT2D eigenvalue weighted by molar-refractivity contribution is 5.25. The molecule has 2 rings (SSSR count). The monoisotopic (exact) mass is 138 g/mol. The van der Waals surface area contributed by atoms with Gasteiger partial charge in [-0.2, -0.15) is 0 Å². The number of aliphatic hydroxyl groups is 1. The van der Waals surface area contributed by atoms with Crippen molar-refractivity contribution in [3.8, 4) is 0 Å². The summed E-state index contributed by atoms with van der Waals surface area (Å²) in [4.78, 5) is 0. The smallest absolute Gasteiger partial charge is 0.0577 e. The van der Waals surface area contributed by atoms with Crippen LogP contribution in [0.4, 0.5) is 0 Å². The Bertz CT molecular complexity index is 185. The number of hydrogen-bond acceptors (Lipinski definition) is 1. The van der Waals surface area contributed by atoms with E-state index in [9.17, 15) is 5.11 Å². The van der Waals surface area contributed by atoms with Crippen molar-refractivity contribution in [3.05, 3.63) is 12.2 Å². The lowest BCUT2D eigenvalue weighted by molar-refractivity contribution is 0.159. The topological polar surface area (TPSA) is 20.2 Å². The lowest BCUT2D eigenvalue weighted by atomic mass is 9.96. The summed E-state index contributed by atoms with van der Waals surface area (Å²) in [5.74, 6) is 0.574. The highest BCUT2D eigenvalue weighted by Crippen LogP contribution is 2.66. The van der Waals surface area contributed by atoms with Gasteiger partial charge < -0.3 is 5.11 Å². The summed E-state index contributed by atoms with van der Waals surface area (Å²) in [5.41, 5.74) is 1.67. The van der Waals surface area contributed by atoms with E-state index < -0.39 is 0 Å². The van der Waals surface area contributed by atoms with E-state index in [2.05, 4.69) is 13.5 Å². The average molecular weight is 138 g/mol. The summed E-state index contributed by atoms with van der Waals surface area (Å²) in [5, 5.41) is 9.41. The van der Waals surface area contributed by atoms with Crippen molar-refractivity contribution >= 4 is 0 Å². The van der Waals surface area contributed by atoms with Crippen LogP contribution < -0.4 is 0 Å². The molecule has 0 aliphatic heterocycles. The van der Waals surface area contributed by atoms with Crippen molar-refractivity contribution in [3.63, 3.8) is 0 Å². The fraction of sp³-hybridized carbons (Fsp3) is 0.778. The van der Waals surface area contributed by atoms with Crippen molar-refractivity contribution in [1.29, 1.82) is 0 Å². The highest BCUT2D eigenvalue weighted by atomic mass is 16.3. The molecule has 1 heteroatoms. The lowest BCUT2D eigenvalue weighted by Gasteiger charge is -2.08. The van der Waals surface area contributed by atoms with E-state index in [-0.39, 0.29) is 6.10 Å². The van der Waals surface area contributed by atoms with E-state index in [1.807, 2.05) is 0 Å². The zero-order valence-electron chi connectivity index (χ0n) is 6.43. The molecule has 1 nitrogen and oxygen atoms in total. The van der Waals surface area contributed by atoms with Crippen LogP contribution in [0.1, 0.15) is 26.2 Å². The molecule has 2 aliphatic carbocycles. The summed E-state index contributed by atoms with van der Waals surface area (Å²) in [7, 11) is 0. The number of rotatable bonds is 1. The van der Waals surface area contributed by atoms with Gasteiger partial charge >= 0.3 is 0 Å². The van der Waals surface area contributed by atoms with E-state index in [1.54, 1.807) is 0 Å². The van der Waals surface area contributed by atoms with Gasteiger partial charge in [0.25, 0.3) is 0 Å². The standard InChI is InChI=1S/C9H14O/c1-6(2)9-4-3-8(10)7(9)5-9/h7-8,10H,1,3-5H2,2H3/t7-,8+,9-/m0/s1. The number of fused-ring (bicyclic) bond motifs is 1. The Morgan fingerprint density at radius 3 is 2.60 bits per heavy atom. The predicted octanol–water partition coefficient (Wildman–Crippen LogP) is 1.72. The molecule has 0 bridgehead atoms. The minimum atomic E-state index is -0.0169. The Kier molecular flexibility index (Phi) is 1.06. The van der Waals surface area contributed by atoms with Crippen LogP contribution in [-0.2, 0) is 0 Å². The molecular weight excluding hydrogens is 124 g/mol. The molecule has 0 saturated heterocycles. The van der Waals surface area contributed by atoms with Crippen LogP contribution in [0.15, 0.2) is 12.2 Å². The van der Waals surface area contributed by atoms with Crippen molar-refractivity contribution in [2.45, 2.75) is 32.3 Å². The second kappa shape index (κ2) is 1.65. The molecule has 0 aromatic rings. The maximum atomic E-state index is 9.41. The normalized spacial score (nSPS) is 50.6. The SMILES string of the molecule is C=C(C)[C@@]12CC[C@@H](O)[C@@H]1C2. The molecule has 0 unspecified atom stereocenters. The van der Waals surface area contributed by atoms with Crippen LogP contribution in [-0.4, -0.2) is 11.2 Å². The first-order valence-electron chi connectivity index (χ1n) is 4.01. The molecule has 0 aromatic heterocycles. The number of aliphatic hydroxyl groups excluding tert-OH is 1. The summed E-state index contributed by atoms with van der Waals surface area (Å²) >= 11 is 0. The van der Waals surface area contributed by atoms with Gasteiger partial charge in [0.05, 0.1) is 6.10 Å². The summed E-state index contributed by atoms with van der Waals surface area (Å²) in [6.45, 7) is 6.07. The Morgan fingerprint density at radius 2 is 2.40 bits per heavy atom. The van der Waals surface area contributed by atoms with Crippen LogP contribution in [0.25, 0.3) is 0 Å². The Hall–Kier alpha value is -0.300.